The smallest absolute Gasteiger partial charge is 0.297 e. The van der Waals surface area contributed by atoms with E-state index < -0.39 is 16.2 Å². The molecule has 1 atom stereocenters. The molecule has 0 aliphatic heterocycles. The van der Waals surface area contributed by atoms with Crippen LogP contribution in [0.2, 0.25) is 5.02 Å². The third-order valence-corrected chi connectivity index (χ3v) is 6.68. The minimum absolute atomic E-state index is 0.0376. The molecule has 0 saturated heterocycles. The van der Waals surface area contributed by atoms with Crippen molar-refractivity contribution in [3.05, 3.63) is 29.3 Å². The van der Waals surface area contributed by atoms with Gasteiger partial charge in [-0.25, -0.2) is 0 Å². The second kappa shape index (κ2) is 11.8. The number of benzene rings is 1. The number of ketones is 1. The van der Waals surface area contributed by atoms with E-state index in [0.717, 1.165) is 38.5 Å². The molecule has 4 nitrogen and oxygen atoms in total. The van der Waals surface area contributed by atoms with E-state index in [-0.39, 0.29) is 10.7 Å². The van der Waals surface area contributed by atoms with E-state index in [0.29, 0.717) is 17.9 Å². The van der Waals surface area contributed by atoms with Crippen LogP contribution in [0.1, 0.15) is 83.5 Å². The van der Waals surface area contributed by atoms with Gasteiger partial charge >= 0.3 is 0 Å². The Bertz CT molecular complexity index is 670. The Hall–Kier alpha value is -0.910. The van der Waals surface area contributed by atoms with E-state index >= 15 is 0 Å². The quantitative estimate of drug-likeness (QED) is 0.563. The number of carbonyl (C=O) groups is 1. The highest BCUT2D eigenvalue weighted by Crippen LogP contribution is 2.22. The molecular formula is C21H31ClO4S. The Morgan fingerprint density at radius 3 is 1.81 bits per heavy atom. The summed E-state index contributed by atoms with van der Waals surface area (Å²) in [6.07, 6.45) is 12.2. The molecule has 6 heteroatoms. The van der Waals surface area contributed by atoms with Gasteiger partial charge in [-0.15, -0.1) is 0 Å². The molecule has 0 heterocycles. The number of halogens is 1. The lowest BCUT2D eigenvalue weighted by Gasteiger charge is -2.17. The maximum absolute atomic E-state index is 12.6. The highest BCUT2D eigenvalue weighted by molar-refractivity contribution is 7.86. The molecule has 1 aromatic rings. The number of carbonyl (C=O) groups excluding carboxylic acids is 1. The first-order valence-corrected chi connectivity index (χ1v) is 12.0. The topological polar surface area (TPSA) is 60.4 Å². The molecule has 0 N–H and O–H groups in total. The first-order chi connectivity index (χ1) is 13.0. The Labute approximate surface area is 168 Å². The van der Waals surface area contributed by atoms with E-state index in [1.807, 2.05) is 0 Å². The second-order valence-electron chi connectivity index (χ2n) is 7.39. The molecule has 1 fully saturated rings. The van der Waals surface area contributed by atoms with Crippen molar-refractivity contribution in [1.29, 1.82) is 0 Å². The Balaban J connectivity index is 2.02. The van der Waals surface area contributed by atoms with Gasteiger partial charge in [0.05, 0.1) is 4.90 Å². The molecule has 27 heavy (non-hydrogen) atoms. The summed E-state index contributed by atoms with van der Waals surface area (Å²) in [4.78, 5) is 12.6. The van der Waals surface area contributed by atoms with Gasteiger partial charge in [-0.1, -0.05) is 75.8 Å². The molecular weight excluding hydrogens is 384 g/mol. The Morgan fingerprint density at radius 1 is 0.778 bits per heavy atom. The van der Waals surface area contributed by atoms with Crippen molar-refractivity contribution in [2.75, 3.05) is 0 Å². The largest absolute Gasteiger partial charge is 0.297 e. The van der Waals surface area contributed by atoms with Gasteiger partial charge in [-0.3, -0.25) is 8.98 Å². The highest BCUT2D eigenvalue weighted by atomic mass is 35.5. The minimum Gasteiger partial charge on any atom is -0.297 e. The molecule has 1 aliphatic carbocycles. The van der Waals surface area contributed by atoms with Crippen LogP contribution in [0.3, 0.4) is 0 Å². The summed E-state index contributed by atoms with van der Waals surface area (Å²) in [5.74, 6) is -0.0950. The van der Waals surface area contributed by atoms with Gasteiger partial charge in [0.15, 0.2) is 5.78 Å². The number of rotatable bonds is 3. The van der Waals surface area contributed by atoms with E-state index in [4.69, 9.17) is 15.8 Å². The van der Waals surface area contributed by atoms with Crippen LogP contribution >= 0.6 is 11.6 Å². The number of hydrogen-bond acceptors (Lipinski definition) is 4. The van der Waals surface area contributed by atoms with Gasteiger partial charge in [0.2, 0.25) is 0 Å². The zero-order chi connectivity index (χ0) is 19.5. The summed E-state index contributed by atoms with van der Waals surface area (Å²) in [5.41, 5.74) is 0. The van der Waals surface area contributed by atoms with Crippen molar-refractivity contribution in [3.63, 3.8) is 0 Å². The Kier molecular flexibility index (Phi) is 9.80. The van der Waals surface area contributed by atoms with Gasteiger partial charge in [0.25, 0.3) is 10.1 Å². The minimum atomic E-state index is -3.97. The molecule has 1 aliphatic rings. The molecule has 1 saturated carbocycles. The van der Waals surface area contributed by atoms with Crippen molar-refractivity contribution >= 4 is 27.5 Å². The standard InChI is InChI=1S/C21H31ClO4S/c22-18-14-16-19(17-15-18)27(24,25)26-21-13-11-9-7-5-3-1-2-4-6-8-10-12-20(21)23/h14-17,21H,1-13H2. The maximum atomic E-state index is 12.6. The highest BCUT2D eigenvalue weighted by Gasteiger charge is 2.26. The van der Waals surface area contributed by atoms with Gasteiger partial charge in [0, 0.05) is 11.4 Å². The van der Waals surface area contributed by atoms with E-state index in [1.54, 1.807) is 0 Å². The molecule has 0 aromatic heterocycles. The average molecular weight is 415 g/mol. The van der Waals surface area contributed by atoms with E-state index in [2.05, 4.69) is 0 Å². The predicted molar refractivity (Wildman–Crippen MR) is 109 cm³/mol. The van der Waals surface area contributed by atoms with Crippen LogP contribution in [0.5, 0.6) is 0 Å². The van der Waals surface area contributed by atoms with E-state index in [1.165, 1.54) is 56.4 Å². The van der Waals surface area contributed by atoms with Crippen molar-refractivity contribution in [2.45, 2.75) is 94.5 Å². The summed E-state index contributed by atoms with van der Waals surface area (Å²) in [6.45, 7) is 0. The predicted octanol–water partition coefficient (Wildman–Crippen LogP) is 6.07. The Morgan fingerprint density at radius 2 is 1.26 bits per heavy atom. The monoisotopic (exact) mass is 414 g/mol. The molecule has 1 aromatic carbocycles. The molecule has 152 valence electrons. The third-order valence-electron chi connectivity index (χ3n) is 5.09. The van der Waals surface area contributed by atoms with Crippen molar-refractivity contribution in [2.24, 2.45) is 0 Å². The maximum Gasteiger partial charge on any atom is 0.297 e. The fourth-order valence-corrected chi connectivity index (χ4v) is 4.67. The summed E-state index contributed by atoms with van der Waals surface area (Å²) in [5, 5.41) is 0.457. The van der Waals surface area contributed by atoms with Crippen molar-refractivity contribution < 1.29 is 17.4 Å². The van der Waals surface area contributed by atoms with Gasteiger partial charge < -0.3 is 0 Å². The van der Waals surface area contributed by atoms with Crippen LogP contribution in [-0.2, 0) is 19.1 Å². The summed E-state index contributed by atoms with van der Waals surface area (Å²) in [7, 11) is -3.97. The first kappa shape index (κ1) is 22.4. The van der Waals surface area contributed by atoms with E-state index in [9.17, 15) is 13.2 Å². The number of Topliss-reactive ketones (excluding diaryl/α,β-unsaturated/α-hetero) is 1. The van der Waals surface area contributed by atoms with Crippen molar-refractivity contribution in [1.82, 2.24) is 0 Å². The molecule has 0 spiro atoms. The molecule has 1 unspecified atom stereocenters. The molecule has 0 amide bonds. The van der Waals surface area contributed by atoms with Crippen LogP contribution in [0.15, 0.2) is 29.2 Å². The summed E-state index contributed by atoms with van der Waals surface area (Å²) < 4.78 is 30.5. The van der Waals surface area contributed by atoms with Crippen LogP contribution in [0.4, 0.5) is 0 Å². The van der Waals surface area contributed by atoms with Crippen LogP contribution in [0, 0.1) is 0 Å². The first-order valence-electron chi connectivity index (χ1n) is 10.2. The second-order valence-corrected chi connectivity index (χ2v) is 9.40. The number of hydrogen-bond donors (Lipinski definition) is 0. The lowest BCUT2D eigenvalue weighted by molar-refractivity contribution is -0.126. The normalized spacial score (nSPS) is 22.0. The van der Waals surface area contributed by atoms with Crippen LogP contribution in [-0.4, -0.2) is 20.3 Å². The summed E-state index contributed by atoms with van der Waals surface area (Å²) >= 11 is 5.83. The summed E-state index contributed by atoms with van der Waals surface area (Å²) in [6, 6.07) is 5.84. The van der Waals surface area contributed by atoms with Crippen LogP contribution < -0.4 is 0 Å². The molecule has 0 bridgehead atoms. The fraction of sp³-hybridized carbons (Fsp3) is 0.667. The average Bonchev–Trinajstić information content (AvgIpc) is 2.64. The molecule has 2 rings (SSSR count). The van der Waals surface area contributed by atoms with Gasteiger partial charge in [-0.05, 0) is 37.1 Å². The fourth-order valence-electron chi connectivity index (χ4n) is 3.45. The van der Waals surface area contributed by atoms with Crippen LogP contribution in [0.25, 0.3) is 0 Å². The SMILES string of the molecule is O=C1CCCCCCCCCCCCCC1OS(=O)(=O)c1ccc(Cl)cc1. The lowest BCUT2D eigenvalue weighted by atomic mass is 10.0. The van der Waals surface area contributed by atoms with Gasteiger partial charge in [0.1, 0.15) is 6.10 Å². The zero-order valence-corrected chi connectivity index (χ0v) is 17.6. The molecule has 0 radical (unpaired) electrons. The van der Waals surface area contributed by atoms with Gasteiger partial charge in [-0.2, -0.15) is 8.42 Å². The zero-order valence-electron chi connectivity index (χ0n) is 16.0. The van der Waals surface area contributed by atoms with Crippen molar-refractivity contribution in [3.8, 4) is 0 Å². The third kappa shape index (κ3) is 8.32. The lowest BCUT2D eigenvalue weighted by Crippen LogP contribution is -2.27.